The summed E-state index contributed by atoms with van der Waals surface area (Å²) in [4.78, 5) is 5.23. The van der Waals surface area contributed by atoms with Crippen LogP contribution < -0.4 is 4.74 Å². The molecule has 2 aromatic rings. The second-order valence-corrected chi connectivity index (χ2v) is 5.53. The van der Waals surface area contributed by atoms with Crippen LogP contribution in [-0.2, 0) is 0 Å². The standard InChI is InChI=1S/C15H19NO2S/c1-4-10(3)16-9-14-15(17)12-8-11(18-5-2)6-7-13(12)19-14/h6-10,17H,4-5H2,1-3H3. The average Bonchev–Trinajstić information content (AvgIpc) is 2.73. The van der Waals surface area contributed by atoms with Crippen LogP contribution in [0.1, 0.15) is 32.1 Å². The van der Waals surface area contributed by atoms with Crippen molar-refractivity contribution in [2.75, 3.05) is 6.61 Å². The van der Waals surface area contributed by atoms with E-state index in [4.69, 9.17) is 4.74 Å². The fourth-order valence-electron chi connectivity index (χ4n) is 1.73. The van der Waals surface area contributed by atoms with Gasteiger partial charge in [-0.2, -0.15) is 0 Å². The van der Waals surface area contributed by atoms with E-state index in [1.54, 1.807) is 17.6 Å². The predicted molar refractivity (Wildman–Crippen MR) is 82.0 cm³/mol. The normalized spacial score (nSPS) is 13.2. The molecule has 0 aliphatic rings. The first-order chi connectivity index (χ1) is 9.15. The van der Waals surface area contributed by atoms with Gasteiger partial charge in [0.05, 0.1) is 11.5 Å². The van der Waals surface area contributed by atoms with Crippen LogP contribution in [0, 0.1) is 0 Å². The van der Waals surface area contributed by atoms with Gasteiger partial charge < -0.3 is 9.84 Å². The van der Waals surface area contributed by atoms with Crippen LogP contribution in [-0.4, -0.2) is 24.0 Å². The highest BCUT2D eigenvalue weighted by atomic mass is 32.1. The molecule has 0 amide bonds. The molecular weight excluding hydrogens is 258 g/mol. The number of hydrogen-bond acceptors (Lipinski definition) is 4. The monoisotopic (exact) mass is 277 g/mol. The predicted octanol–water partition coefficient (Wildman–Crippen LogP) is 4.22. The lowest BCUT2D eigenvalue weighted by Gasteiger charge is -2.02. The average molecular weight is 277 g/mol. The number of hydrogen-bond donors (Lipinski definition) is 1. The third-order valence-electron chi connectivity index (χ3n) is 3.01. The molecule has 0 bridgehead atoms. The fraction of sp³-hybridized carbons (Fsp3) is 0.400. The van der Waals surface area contributed by atoms with Gasteiger partial charge in [0.15, 0.2) is 0 Å². The van der Waals surface area contributed by atoms with Crippen molar-refractivity contribution in [1.82, 2.24) is 0 Å². The molecule has 4 heteroatoms. The Kier molecular flexibility index (Phi) is 4.43. The second kappa shape index (κ2) is 6.06. The highest BCUT2D eigenvalue weighted by Crippen LogP contribution is 2.37. The molecular formula is C15H19NO2S. The van der Waals surface area contributed by atoms with Gasteiger partial charge in [-0.15, -0.1) is 11.3 Å². The smallest absolute Gasteiger partial charge is 0.143 e. The van der Waals surface area contributed by atoms with E-state index in [0.717, 1.165) is 27.1 Å². The molecule has 0 fully saturated rings. The Morgan fingerprint density at radius 1 is 1.42 bits per heavy atom. The van der Waals surface area contributed by atoms with Crippen LogP contribution in [0.5, 0.6) is 11.5 Å². The number of ether oxygens (including phenoxy) is 1. The van der Waals surface area contributed by atoms with Gasteiger partial charge in [-0.1, -0.05) is 6.92 Å². The van der Waals surface area contributed by atoms with Gasteiger partial charge >= 0.3 is 0 Å². The van der Waals surface area contributed by atoms with Crippen LogP contribution in [0.4, 0.5) is 0 Å². The third kappa shape index (κ3) is 3.07. The third-order valence-corrected chi connectivity index (χ3v) is 4.10. The number of aliphatic imine (C=N–C) groups is 1. The Morgan fingerprint density at radius 2 is 2.21 bits per heavy atom. The van der Waals surface area contributed by atoms with E-state index >= 15 is 0 Å². The Bertz CT molecular complexity index is 589. The largest absolute Gasteiger partial charge is 0.506 e. The maximum absolute atomic E-state index is 10.2. The Morgan fingerprint density at radius 3 is 2.89 bits per heavy atom. The quantitative estimate of drug-likeness (QED) is 0.831. The zero-order valence-electron chi connectivity index (χ0n) is 11.5. The van der Waals surface area contributed by atoms with Crippen molar-refractivity contribution in [1.29, 1.82) is 0 Å². The lowest BCUT2D eigenvalue weighted by Crippen LogP contribution is -1.94. The summed E-state index contributed by atoms with van der Waals surface area (Å²) in [7, 11) is 0. The van der Waals surface area contributed by atoms with Crippen LogP contribution in [0.2, 0.25) is 0 Å². The molecule has 102 valence electrons. The van der Waals surface area contributed by atoms with Crippen molar-refractivity contribution >= 4 is 27.6 Å². The fourth-order valence-corrected chi connectivity index (χ4v) is 2.69. The summed E-state index contributed by atoms with van der Waals surface area (Å²) in [6, 6.07) is 6.07. The molecule has 1 unspecified atom stereocenters. The van der Waals surface area contributed by atoms with Crippen molar-refractivity contribution in [3.05, 3.63) is 23.1 Å². The summed E-state index contributed by atoms with van der Waals surface area (Å²) in [6.07, 6.45) is 2.77. The first kappa shape index (κ1) is 13.9. The van der Waals surface area contributed by atoms with E-state index in [1.807, 2.05) is 25.1 Å². The van der Waals surface area contributed by atoms with E-state index < -0.39 is 0 Å². The molecule has 19 heavy (non-hydrogen) atoms. The molecule has 0 aliphatic carbocycles. The zero-order valence-corrected chi connectivity index (χ0v) is 12.3. The van der Waals surface area contributed by atoms with Crippen molar-refractivity contribution in [2.45, 2.75) is 33.2 Å². The Labute approximate surface area is 117 Å². The first-order valence-electron chi connectivity index (χ1n) is 6.57. The van der Waals surface area contributed by atoms with Gasteiger partial charge in [0.2, 0.25) is 0 Å². The molecule has 0 aliphatic heterocycles. The van der Waals surface area contributed by atoms with Crippen LogP contribution >= 0.6 is 11.3 Å². The summed E-state index contributed by atoms with van der Waals surface area (Å²) in [5, 5.41) is 11.1. The minimum Gasteiger partial charge on any atom is -0.506 e. The lowest BCUT2D eigenvalue weighted by atomic mass is 10.2. The van der Waals surface area contributed by atoms with Crippen molar-refractivity contribution in [3.8, 4) is 11.5 Å². The summed E-state index contributed by atoms with van der Waals surface area (Å²) in [6.45, 7) is 6.73. The molecule has 0 radical (unpaired) electrons. The van der Waals surface area contributed by atoms with E-state index in [0.29, 0.717) is 12.4 Å². The molecule has 3 nitrogen and oxygen atoms in total. The molecule has 1 heterocycles. The van der Waals surface area contributed by atoms with Crippen molar-refractivity contribution < 1.29 is 9.84 Å². The Balaban J connectivity index is 2.36. The minimum absolute atomic E-state index is 0.281. The molecule has 1 aromatic heterocycles. The molecule has 2 rings (SSSR count). The first-order valence-corrected chi connectivity index (χ1v) is 7.38. The molecule has 0 saturated carbocycles. The molecule has 0 spiro atoms. The van der Waals surface area contributed by atoms with Gasteiger partial charge in [0, 0.05) is 22.3 Å². The number of thiophene rings is 1. The summed E-state index contributed by atoms with van der Waals surface area (Å²) < 4.78 is 6.50. The van der Waals surface area contributed by atoms with Crippen LogP contribution in [0.25, 0.3) is 10.1 Å². The van der Waals surface area contributed by atoms with Crippen molar-refractivity contribution in [2.24, 2.45) is 4.99 Å². The van der Waals surface area contributed by atoms with E-state index in [2.05, 4.69) is 18.8 Å². The maximum atomic E-state index is 10.2. The molecule has 0 saturated heterocycles. The number of fused-ring (bicyclic) bond motifs is 1. The van der Waals surface area contributed by atoms with Gasteiger partial charge in [-0.05, 0) is 38.5 Å². The van der Waals surface area contributed by atoms with Crippen LogP contribution in [0.3, 0.4) is 0 Å². The van der Waals surface area contributed by atoms with Crippen LogP contribution in [0.15, 0.2) is 23.2 Å². The van der Waals surface area contributed by atoms with Crippen molar-refractivity contribution in [3.63, 3.8) is 0 Å². The highest BCUT2D eigenvalue weighted by molar-refractivity contribution is 7.21. The number of nitrogens with zero attached hydrogens (tertiary/aromatic N) is 1. The summed E-state index contributed by atoms with van der Waals surface area (Å²) in [5.74, 6) is 1.09. The topological polar surface area (TPSA) is 41.8 Å². The lowest BCUT2D eigenvalue weighted by molar-refractivity contribution is 0.340. The SMILES string of the molecule is CCOc1ccc2sc(C=NC(C)CC)c(O)c2c1. The maximum Gasteiger partial charge on any atom is 0.143 e. The number of rotatable bonds is 5. The second-order valence-electron chi connectivity index (χ2n) is 4.44. The summed E-state index contributed by atoms with van der Waals surface area (Å²) in [5.41, 5.74) is 0. The van der Waals surface area contributed by atoms with Gasteiger partial charge in [0.1, 0.15) is 11.5 Å². The number of benzene rings is 1. The molecule has 1 aromatic carbocycles. The van der Waals surface area contributed by atoms with E-state index in [9.17, 15) is 5.11 Å². The highest BCUT2D eigenvalue weighted by Gasteiger charge is 2.10. The van der Waals surface area contributed by atoms with E-state index in [1.165, 1.54) is 0 Å². The minimum atomic E-state index is 0.281. The molecule has 1 atom stereocenters. The van der Waals surface area contributed by atoms with Gasteiger partial charge in [-0.3, -0.25) is 4.99 Å². The Hall–Kier alpha value is -1.55. The summed E-state index contributed by atoms with van der Waals surface area (Å²) >= 11 is 1.55. The van der Waals surface area contributed by atoms with Gasteiger partial charge in [0.25, 0.3) is 0 Å². The number of aromatic hydroxyl groups is 1. The molecule has 1 N–H and O–H groups in total. The van der Waals surface area contributed by atoms with Gasteiger partial charge in [-0.25, -0.2) is 0 Å². The van der Waals surface area contributed by atoms with E-state index in [-0.39, 0.29) is 6.04 Å². The zero-order chi connectivity index (χ0) is 13.8.